The topological polar surface area (TPSA) is 105 Å². The molecule has 2 aromatic heterocycles. The molecule has 4 rings (SSSR count). The third-order valence-electron chi connectivity index (χ3n) is 6.02. The molecule has 7 nitrogen and oxygen atoms in total. The first-order chi connectivity index (χ1) is 16.5. The lowest BCUT2D eigenvalue weighted by atomic mass is 9.88. The molecule has 0 saturated heterocycles. The Labute approximate surface area is 198 Å². The van der Waals surface area contributed by atoms with E-state index in [1.807, 2.05) is 36.4 Å². The number of methoxy groups -OCH3 is 1. The summed E-state index contributed by atoms with van der Waals surface area (Å²) in [5, 5.41) is 12.9. The summed E-state index contributed by atoms with van der Waals surface area (Å²) < 4.78 is 4.75. The fourth-order valence-electron chi connectivity index (χ4n) is 4.30. The lowest BCUT2D eigenvalue weighted by molar-refractivity contribution is -0.119. The number of hydrogen-bond acceptors (Lipinski definition) is 6. The predicted molar refractivity (Wildman–Crippen MR) is 127 cm³/mol. The van der Waals surface area contributed by atoms with Crippen molar-refractivity contribution in [1.82, 2.24) is 15.3 Å². The second-order valence-corrected chi connectivity index (χ2v) is 8.18. The van der Waals surface area contributed by atoms with Crippen molar-refractivity contribution in [3.63, 3.8) is 0 Å². The Hall–Kier alpha value is -4.31. The second-order valence-electron chi connectivity index (χ2n) is 8.18. The molecule has 170 valence electrons. The van der Waals surface area contributed by atoms with E-state index < -0.39 is 17.4 Å². The van der Waals surface area contributed by atoms with Crippen molar-refractivity contribution in [2.75, 3.05) is 7.11 Å². The largest absolute Gasteiger partial charge is 0.465 e. The predicted octanol–water partition coefficient (Wildman–Crippen LogP) is 4.42. The summed E-state index contributed by atoms with van der Waals surface area (Å²) in [6.45, 7) is 0. The van der Waals surface area contributed by atoms with E-state index in [2.05, 4.69) is 15.3 Å². The van der Waals surface area contributed by atoms with Gasteiger partial charge in [0.25, 0.3) is 5.91 Å². The minimum Gasteiger partial charge on any atom is -0.465 e. The van der Waals surface area contributed by atoms with Crippen LogP contribution >= 0.6 is 0 Å². The molecule has 1 aliphatic rings. The van der Waals surface area contributed by atoms with Gasteiger partial charge in [0.05, 0.1) is 29.6 Å². The molecular weight excluding hydrogens is 428 g/mol. The Morgan fingerprint density at radius 1 is 1.09 bits per heavy atom. The van der Waals surface area contributed by atoms with Crippen molar-refractivity contribution >= 4 is 18.0 Å². The van der Waals surface area contributed by atoms with Crippen LogP contribution in [0.25, 0.3) is 17.3 Å². The number of rotatable bonds is 6. The smallest absolute Gasteiger partial charge is 0.339 e. The highest BCUT2D eigenvalue weighted by molar-refractivity contribution is 6.02. The first-order valence-electron chi connectivity index (χ1n) is 11.1. The molecule has 0 bridgehead atoms. The first-order valence-corrected chi connectivity index (χ1v) is 11.1. The lowest BCUT2D eigenvalue weighted by Gasteiger charge is -2.31. The van der Waals surface area contributed by atoms with Gasteiger partial charge in [0.15, 0.2) is 0 Å². The van der Waals surface area contributed by atoms with Gasteiger partial charge in [-0.05, 0) is 42.7 Å². The number of benzene rings is 1. The van der Waals surface area contributed by atoms with Gasteiger partial charge >= 0.3 is 5.97 Å². The number of esters is 1. The number of nitriles is 1. The summed E-state index contributed by atoms with van der Waals surface area (Å²) in [6, 6.07) is 18.8. The van der Waals surface area contributed by atoms with Crippen molar-refractivity contribution in [1.29, 1.82) is 5.26 Å². The zero-order chi connectivity index (χ0) is 24.0. The van der Waals surface area contributed by atoms with Crippen molar-refractivity contribution in [2.45, 2.75) is 31.2 Å². The van der Waals surface area contributed by atoms with Crippen molar-refractivity contribution < 1.29 is 14.3 Å². The Morgan fingerprint density at radius 2 is 1.85 bits per heavy atom. The van der Waals surface area contributed by atoms with Crippen LogP contribution in [0.3, 0.4) is 0 Å². The number of amides is 1. The molecule has 7 heteroatoms. The fourth-order valence-corrected chi connectivity index (χ4v) is 4.30. The Balaban J connectivity index is 1.60. The molecule has 0 aliphatic heterocycles. The van der Waals surface area contributed by atoms with Gasteiger partial charge in [-0.15, -0.1) is 0 Å². The Bertz CT molecular complexity index is 1270. The number of ether oxygens (including phenoxy) is 1. The molecule has 0 unspecified atom stereocenters. The standard InChI is InChI=1S/C27H24N4O3/c1-34-26(33)21-14-20(17-29-18-21)24-11-7-10-23(30-24)15-19(16-28)25(32)31-27(12-5-6-13-27)22-8-3-2-4-9-22/h2-4,7-11,14-15,17-18H,5-6,12-13H2,1H3,(H,31,32)/b19-15+. The number of nitrogens with zero attached hydrogens (tertiary/aromatic N) is 3. The Kier molecular flexibility index (Phi) is 6.79. The minimum atomic E-state index is -0.493. The molecule has 3 aromatic rings. The number of hydrogen-bond donors (Lipinski definition) is 1. The third-order valence-corrected chi connectivity index (χ3v) is 6.02. The van der Waals surface area contributed by atoms with E-state index >= 15 is 0 Å². The van der Waals surface area contributed by atoms with Crippen LogP contribution in [0.15, 0.2) is 72.6 Å². The summed E-state index contributed by atoms with van der Waals surface area (Å²) in [6.07, 6.45) is 8.18. The van der Waals surface area contributed by atoms with Gasteiger partial charge in [0.1, 0.15) is 11.6 Å². The van der Waals surface area contributed by atoms with E-state index in [-0.39, 0.29) is 5.57 Å². The summed E-state index contributed by atoms with van der Waals surface area (Å²) in [7, 11) is 1.31. The molecule has 1 N–H and O–H groups in total. The van der Waals surface area contributed by atoms with Crippen LogP contribution in [-0.2, 0) is 15.1 Å². The number of carbonyl (C=O) groups is 2. The molecule has 0 radical (unpaired) electrons. The van der Waals surface area contributed by atoms with Crippen LogP contribution in [0.4, 0.5) is 0 Å². The molecule has 1 aromatic carbocycles. The van der Waals surface area contributed by atoms with E-state index in [0.717, 1.165) is 31.2 Å². The molecular formula is C27H24N4O3. The van der Waals surface area contributed by atoms with E-state index in [0.29, 0.717) is 22.5 Å². The van der Waals surface area contributed by atoms with Crippen LogP contribution in [0.5, 0.6) is 0 Å². The van der Waals surface area contributed by atoms with Gasteiger partial charge in [-0.25, -0.2) is 9.78 Å². The fraction of sp³-hybridized carbons (Fsp3) is 0.222. The average Bonchev–Trinajstić information content (AvgIpc) is 3.37. The minimum absolute atomic E-state index is 0.0201. The van der Waals surface area contributed by atoms with E-state index in [9.17, 15) is 14.9 Å². The highest BCUT2D eigenvalue weighted by atomic mass is 16.5. The first kappa shape index (κ1) is 22.9. The number of nitrogens with one attached hydrogen (secondary N) is 1. The summed E-state index contributed by atoms with van der Waals surface area (Å²) in [5.74, 6) is -0.914. The average molecular weight is 453 g/mol. The van der Waals surface area contributed by atoms with Gasteiger partial charge in [-0.1, -0.05) is 49.2 Å². The summed E-state index contributed by atoms with van der Waals surface area (Å²) in [5.41, 5.74) is 2.50. The summed E-state index contributed by atoms with van der Waals surface area (Å²) in [4.78, 5) is 33.6. The number of carbonyl (C=O) groups excluding carboxylic acids is 2. The SMILES string of the molecule is COC(=O)c1cncc(-c2cccc(/C=C(\C#N)C(=O)NC3(c4ccccc4)CCCC3)n2)c1. The quantitative estimate of drug-likeness (QED) is 0.337. The molecule has 0 spiro atoms. The van der Waals surface area contributed by atoms with E-state index in [1.165, 1.54) is 19.4 Å². The van der Waals surface area contributed by atoms with Crippen molar-refractivity contribution in [3.05, 3.63) is 89.4 Å². The maximum Gasteiger partial charge on any atom is 0.339 e. The molecule has 1 aliphatic carbocycles. The molecule has 2 heterocycles. The van der Waals surface area contributed by atoms with Gasteiger partial charge < -0.3 is 10.1 Å². The maximum absolute atomic E-state index is 13.1. The second kappa shape index (κ2) is 10.1. The molecule has 1 saturated carbocycles. The van der Waals surface area contributed by atoms with Crippen LogP contribution in [-0.4, -0.2) is 29.0 Å². The Morgan fingerprint density at radius 3 is 2.56 bits per heavy atom. The zero-order valence-corrected chi connectivity index (χ0v) is 18.8. The molecule has 34 heavy (non-hydrogen) atoms. The van der Waals surface area contributed by atoms with Crippen molar-refractivity contribution in [3.8, 4) is 17.3 Å². The third kappa shape index (κ3) is 4.86. The monoisotopic (exact) mass is 452 g/mol. The van der Waals surface area contributed by atoms with Gasteiger partial charge in [-0.3, -0.25) is 9.78 Å². The normalized spacial score (nSPS) is 14.8. The number of pyridine rings is 2. The van der Waals surface area contributed by atoms with Crippen LogP contribution < -0.4 is 5.32 Å². The molecule has 0 atom stereocenters. The zero-order valence-electron chi connectivity index (χ0n) is 18.8. The van der Waals surface area contributed by atoms with Gasteiger partial charge in [-0.2, -0.15) is 5.26 Å². The lowest BCUT2D eigenvalue weighted by Crippen LogP contribution is -2.44. The van der Waals surface area contributed by atoms with Crippen LogP contribution in [0.1, 0.15) is 47.3 Å². The molecule has 1 fully saturated rings. The van der Waals surface area contributed by atoms with Crippen LogP contribution in [0, 0.1) is 11.3 Å². The van der Waals surface area contributed by atoms with E-state index in [4.69, 9.17) is 4.74 Å². The number of aromatic nitrogens is 2. The van der Waals surface area contributed by atoms with Crippen molar-refractivity contribution in [2.24, 2.45) is 0 Å². The van der Waals surface area contributed by atoms with E-state index in [1.54, 1.807) is 30.5 Å². The maximum atomic E-state index is 13.1. The highest BCUT2D eigenvalue weighted by Gasteiger charge is 2.37. The van der Waals surface area contributed by atoms with Crippen LogP contribution in [0.2, 0.25) is 0 Å². The summed E-state index contributed by atoms with van der Waals surface area (Å²) >= 11 is 0. The van der Waals surface area contributed by atoms with Gasteiger partial charge in [0.2, 0.25) is 0 Å². The molecule has 1 amide bonds. The van der Waals surface area contributed by atoms with Gasteiger partial charge in [0, 0.05) is 18.0 Å². The highest BCUT2D eigenvalue weighted by Crippen LogP contribution is 2.38.